The normalized spacial score (nSPS) is 18.4. The maximum absolute atomic E-state index is 10.8. The van der Waals surface area contributed by atoms with Crippen molar-refractivity contribution in [2.24, 2.45) is 10.8 Å². The summed E-state index contributed by atoms with van der Waals surface area (Å²) in [5.74, 6) is 0.648. The SMILES string of the molecule is CC(C)(C)CC(C)(C)c1ccc(O)c(CN2CCOCCOCCN(Cc3cc(C(C)(C)CC(C)(C)C)ccc3O)CCOCCOCC2)c1. The summed E-state index contributed by atoms with van der Waals surface area (Å²) in [6.45, 7) is 31.2. The van der Waals surface area contributed by atoms with E-state index in [1.165, 1.54) is 11.1 Å². The molecule has 2 N–H and O–H groups in total. The van der Waals surface area contributed by atoms with Crippen molar-refractivity contribution in [1.29, 1.82) is 0 Å². The van der Waals surface area contributed by atoms with Crippen LogP contribution in [0.4, 0.5) is 0 Å². The number of phenolic OH excluding ortho intramolecular Hbond substituents is 2. The topological polar surface area (TPSA) is 83.9 Å². The fraction of sp³-hybridized carbons (Fsp3) is 0.714. The minimum Gasteiger partial charge on any atom is -0.508 e. The standard InChI is InChI=1S/C42H70N2O6/c1-39(2,3)31-41(7,8)35-11-13-37(45)33(27-35)29-43-15-19-47-23-25-49-21-17-44(18-22-50-26-24-48-20-16-43)30-34-28-36(12-14-38(34)46)42(9,10)32-40(4,5)6/h11-14,27-28,45-46H,15-26,29-32H2,1-10H3. The highest BCUT2D eigenvalue weighted by Crippen LogP contribution is 2.39. The van der Waals surface area contributed by atoms with Crippen molar-refractivity contribution in [3.8, 4) is 11.5 Å². The Bertz CT molecular complexity index is 1180. The molecule has 1 aliphatic heterocycles. The summed E-state index contributed by atoms with van der Waals surface area (Å²) < 4.78 is 24.0. The molecule has 8 heteroatoms. The Kier molecular flexibility index (Phi) is 16.1. The third-order valence-corrected chi connectivity index (χ3v) is 9.41. The first-order valence-corrected chi connectivity index (χ1v) is 18.8. The van der Waals surface area contributed by atoms with Crippen LogP contribution in [0.15, 0.2) is 36.4 Å². The van der Waals surface area contributed by atoms with Crippen LogP contribution in [0.2, 0.25) is 0 Å². The fourth-order valence-electron chi connectivity index (χ4n) is 7.56. The summed E-state index contributed by atoms with van der Waals surface area (Å²) >= 11 is 0. The average molecular weight is 699 g/mol. The van der Waals surface area contributed by atoms with Crippen molar-refractivity contribution in [1.82, 2.24) is 9.80 Å². The Morgan fingerprint density at radius 1 is 0.480 bits per heavy atom. The lowest BCUT2D eigenvalue weighted by Gasteiger charge is -2.33. The van der Waals surface area contributed by atoms with Crippen LogP contribution in [0.25, 0.3) is 0 Å². The van der Waals surface area contributed by atoms with Gasteiger partial charge in [-0.05, 0) is 57.8 Å². The molecule has 1 fully saturated rings. The minimum atomic E-state index is -0.00662. The van der Waals surface area contributed by atoms with Crippen LogP contribution in [-0.4, -0.2) is 99.0 Å². The van der Waals surface area contributed by atoms with Gasteiger partial charge in [-0.15, -0.1) is 0 Å². The molecule has 0 radical (unpaired) electrons. The van der Waals surface area contributed by atoms with Crippen molar-refractivity contribution in [2.45, 2.75) is 106 Å². The number of rotatable bonds is 8. The zero-order valence-electron chi connectivity index (χ0n) is 33.2. The van der Waals surface area contributed by atoms with E-state index in [1.54, 1.807) is 0 Å². The number of hydrogen-bond donors (Lipinski definition) is 2. The largest absolute Gasteiger partial charge is 0.508 e. The van der Waals surface area contributed by atoms with Gasteiger partial charge < -0.3 is 29.2 Å². The van der Waals surface area contributed by atoms with Crippen LogP contribution < -0.4 is 0 Å². The second-order valence-corrected chi connectivity index (χ2v) is 17.9. The first kappa shape index (κ1) is 42.2. The lowest BCUT2D eigenvalue weighted by molar-refractivity contribution is 0.00610. The Hall–Kier alpha value is -2.20. The highest BCUT2D eigenvalue weighted by atomic mass is 16.5. The van der Waals surface area contributed by atoms with Crippen LogP contribution in [0.1, 0.15) is 104 Å². The maximum Gasteiger partial charge on any atom is 0.120 e. The zero-order chi connectivity index (χ0) is 37.0. The molecule has 0 saturated carbocycles. The lowest BCUT2D eigenvalue weighted by Crippen LogP contribution is -2.33. The molecule has 1 heterocycles. The van der Waals surface area contributed by atoms with E-state index in [4.69, 9.17) is 18.9 Å². The quantitative estimate of drug-likeness (QED) is 0.288. The summed E-state index contributed by atoms with van der Waals surface area (Å²) in [5.41, 5.74) is 4.73. The van der Waals surface area contributed by atoms with E-state index in [2.05, 4.69) is 103 Å². The van der Waals surface area contributed by atoms with E-state index in [9.17, 15) is 10.2 Å². The molecule has 2 aromatic carbocycles. The first-order chi connectivity index (χ1) is 23.3. The molecule has 0 aliphatic carbocycles. The predicted octanol–water partition coefficient (Wildman–Crippen LogP) is 7.91. The zero-order valence-corrected chi connectivity index (χ0v) is 33.2. The molecule has 284 valence electrons. The Morgan fingerprint density at radius 3 is 1.06 bits per heavy atom. The summed E-state index contributed by atoms with van der Waals surface area (Å²) in [7, 11) is 0. The number of aromatic hydroxyl groups is 2. The van der Waals surface area contributed by atoms with E-state index in [1.807, 2.05) is 12.1 Å². The van der Waals surface area contributed by atoms with Crippen molar-refractivity contribution >= 4 is 0 Å². The summed E-state index contributed by atoms with van der Waals surface area (Å²) in [4.78, 5) is 4.57. The molecule has 0 bridgehead atoms. The number of hydrogen-bond acceptors (Lipinski definition) is 8. The Balaban J connectivity index is 1.58. The van der Waals surface area contributed by atoms with Crippen LogP contribution in [-0.2, 0) is 42.9 Å². The molecule has 3 rings (SSSR count). The molecular weight excluding hydrogens is 628 g/mol. The van der Waals surface area contributed by atoms with Crippen molar-refractivity contribution in [3.05, 3.63) is 58.7 Å². The van der Waals surface area contributed by atoms with Gasteiger partial charge in [0.05, 0.1) is 52.9 Å². The number of ether oxygens (including phenoxy) is 4. The average Bonchev–Trinajstić information content (AvgIpc) is 2.98. The molecule has 1 aliphatic rings. The van der Waals surface area contributed by atoms with Crippen molar-refractivity contribution in [2.75, 3.05) is 79.0 Å². The van der Waals surface area contributed by atoms with E-state index >= 15 is 0 Å². The molecule has 0 unspecified atom stereocenters. The van der Waals surface area contributed by atoms with E-state index in [-0.39, 0.29) is 21.7 Å². The Labute approximate surface area is 304 Å². The monoisotopic (exact) mass is 699 g/mol. The summed E-state index contributed by atoms with van der Waals surface area (Å²) in [5, 5.41) is 21.6. The van der Waals surface area contributed by atoms with Gasteiger partial charge in [0.2, 0.25) is 0 Å². The smallest absolute Gasteiger partial charge is 0.120 e. The van der Waals surface area contributed by atoms with Gasteiger partial charge in [0.1, 0.15) is 11.5 Å². The fourth-order valence-corrected chi connectivity index (χ4v) is 7.56. The highest BCUT2D eigenvalue weighted by Gasteiger charge is 2.29. The molecule has 1 saturated heterocycles. The van der Waals surface area contributed by atoms with Gasteiger partial charge in [-0.2, -0.15) is 0 Å². The van der Waals surface area contributed by atoms with Gasteiger partial charge in [0, 0.05) is 50.4 Å². The first-order valence-electron chi connectivity index (χ1n) is 18.8. The van der Waals surface area contributed by atoms with Crippen LogP contribution >= 0.6 is 0 Å². The molecule has 0 spiro atoms. The van der Waals surface area contributed by atoms with Crippen LogP contribution in [0, 0.1) is 10.8 Å². The molecule has 0 atom stereocenters. The molecular formula is C42H70N2O6. The predicted molar refractivity (Wildman–Crippen MR) is 204 cm³/mol. The minimum absolute atomic E-state index is 0.00662. The van der Waals surface area contributed by atoms with Gasteiger partial charge >= 0.3 is 0 Å². The van der Waals surface area contributed by atoms with E-state index in [0.717, 1.165) is 50.1 Å². The molecule has 0 amide bonds. The van der Waals surface area contributed by atoms with Crippen molar-refractivity contribution < 1.29 is 29.2 Å². The number of nitrogens with zero attached hydrogens (tertiary/aromatic N) is 2. The summed E-state index contributed by atoms with van der Waals surface area (Å²) in [6.07, 6.45) is 2.09. The second kappa shape index (κ2) is 19.0. The summed E-state index contributed by atoms with van der Waals surface area (Å²) in [6, 6.07) is 12.2. The van der Waals surface area contributed by atoms with Gasteiger partial charge in [-0.3, -0.25) is 9.80 Å². The van der Waals surface area contributed by atoms with E-state index in [0.29, 0.717) is 77.4 Å². The van der Waals surface area contributed by atoms with Crippen molar-refractivity contribution in [3.63, 3.8) is 0 Å². The number of benzene rings is 2. The third kappa shape index (κ3) is 15.2. The molecule has 2 aromatic rings. The lowest BCUT2D eigenvalue weighted by atomic mass is 9.72. The molecule has 8 nitrogen and oxygen atoms in total. The molecule has 50 heavy (non-hydrogen) atoms. The highest BCUT2D eigenvalue weighted by molar-refractivity contribution is 5.40. The third-order valence-electron chi connectivity index (χ3n) is 9.41. The Morgan fingerprint density at radius 2 is 0.780 bits per heavy atom. The van der Waals surface area contributed by atoms with Gasteiger partial charge in [0.15, 0.2) is 0 Å². The number of phenols is 2. The van der Waals surface area contributed by atoms with Crippen LogP contribution in [0.3, 0.4) is 0 Å². The maximum atomic E-state index is 10.8. The van der Waals surface area contributed by atoms with Gasteiger partial charge in [-0.25, -0.2) is 0 Å². The second-order valence-electron chi connectivity index (χ2n) is 17.9. The van der Waals surface area contributed by atoms with Crippen LogP contribution in [0.5, 0.6) is 11.5 Å². The van der Waals surface area contributed by atoms with E-state index < -0.39 is 0 Å². The molecule has 0 aromatic heterocycles. The van der Waals surface area contributed by atoms with Gasteiger partial charge in [-0.1, -0.05) is 93.5 Å². The van der Waals surface area contributed by atoms with Gasteiger partial charge in [0.25, 0.3) is 0 Å².